The molecular formula is C15H13ClN2OS2. The normalized spacial score (nSPS) is 11.0. The number of halogens is 1. The number of hydrogen-bond donors (Lipinski definition) is 1. The fraction of sp³-hybridized carbons (Fsp3) is 0.133. The molecule has 2 heterocycles. The van der Waals surface area contributed by atoms with E-state index >= 15 is 0 Å². The lowest BCUT2D eigenvalue weighted by atomic mass is 10.2. The Morgan fingerprint density at radius 1 is 1.38 bits per heavy atom. The molecule has 3 rings (SSSR count). The van der Waals surface area contributed by atoms with Gasteiger partial charge in [-0.05, 0) is 29.6 Å². The second kappa shape index (κ2) is 5.67. The van der Waals surface area contributed by atoms with E-state index < -0.39 is 0 Å². The minimum absolute atomic E-state index is 0.0572. The molecule has 0 saturated carbocycles. The van der Waals surface area contributed by atoms with Gasteiger partial charge in [0.2, 0.25) is 0 Å². The fourth-order valence-electron chi connectivity index (χ4n) is 2.13. The summed E-state index contributed by atoms with van der Waals surface area (Å²) in [6.45, 7) is 0.588. The Balaban J connectivity index is 1.92. The average molecular weight is 337 g/mol. The number of amides is 1. The van der Waals surface area contributed by atoms with Crippen LogP contribution in [0, 0.1) is 0 Å². The maximum Gasteiger partial charge on any atom is 0.266 e. The van der Waals surface area contributed by atoms with Crippen LogP contribution in [0.2, 0.25) is 5.02 Å². The molecule has 0 bridgehead atoms. The first kappa shape index (κ1) is 14.4. The van der Waals surface area contributed by atoms with Crippen molar-refractivity contribution in [3.63, 3.8) is 0 Å². The van der Waals surface area contributed by atoms with Crippen molar-refractivity contribution in [3.05, 3.63) is 50.5 Å². The predicted octanol–water partition coefficient (Wildman–Crippen LogP) is 4.47. The minimum atomic E-state index is -0.0572. The summed E-state index contributed by atoms with van der Waals surface area (Å²) < 4.78 is 0.938. The zero-order chi connectivity index (χ0) is 15.0. The molecule has 0 fully saturated rings. The van der Waals surface area contributed by atoms with E-state index in [4.69, 9.17) is 17.3 Å². The summed E-state index contributed by atoms with van der Waals surface area (Å²) in [6.07, 6.45) is 0. The fourth-order valence-corrected chi connectivity index (χ4v) is 4.28. The molecule has 6 heteroatoms. The third kappa shape index (κ3) is 2.77. The third-order valence-corrected chi connectivity index (χ3v) is 5.46. The molecule has 0 atom stereocenters. The number of benzene rings is 1. The van der Waals surface area contributed by atoms with Gasteiger partial charge in [-0.3, -0.25) is 4.79 Å². The predicted molar refractivity (Wildman–Crippen MR) is 91.4 cm³/mol. The number of fused-ring (bicyclic) bond motifs is 1. The molecule has 1 aromatic carbocycles. The number of rotatable bonds is 3. The van der Waals surface area contributed by atoms with E-state index in [1.807, 2.05) is 29.6 Å². The average Bonchev–Trinajstić information content (AvgIpc) is 3.06. The van der Waals surface area contributed by atoms with Gasteiger partial charge in [-0.1, -0.05) is 17.7 Å². The zero-order valence-corrected chi connectivity index (χ0v) is 13.7. The van der Waals surface area contributed by atoms with E-state index in [0.717, 1.165) is 15.0 Å². The summed E-state index contributed by atoms with van der Waals surface area (Å²) in [6, 6.07) is 9.49. The van der Waals surface area contributed by atoms with Crippen LogP contribution in [0.5, 0.6) is 0 Å². The summed E-state index contributed by atoms with van der Waals surface area (Å²) in [5.74, 6) is -0.0572. The number of hydrogen-bond acceptors (Lipinski definition) is 4. The summed E-state index contributed by atoms with van der Waals surface area (Å²) in [5, 5.41) is 3.54. The Kier molecular flexibility index (Phi) is 3.89. The quantitative estimate of drug-likeness (QED) is 0.767. The first-order valence-corrected chi connectivity index (χ1v) is 8.39. The molecule has 108 valence electrons. The standard InChI is InChI=1S/C15H13ClN2OS2/c1-18(8-10-3-2-6-20-10)15(19)14-13(17)11-5-4-9(16)7-12(11)21-14/h2-7H,8,17H2,1H3. The Morgan fingerprint density at radius 2 is 2.19 bits per heavy atom. The first-order valence-electron chi connectivity index (χ1n) is 6.31. The zero-order valence-electron chi connectivity index (χ0n) is 11.3. The Labute approximate surface area is 135 Å². The number of carbonyl (C=O) groups is 1. The Morgan fingerprint density at radius 3 is 2.90 bits per heavy atom. The lowest BCUT2D eigenvalue weighted by molar-refractivity contribution is 0.0792. The van der Waals surface area contributed by atoms with Crippen LogP contribution in [0.1, 0.15) is 14.5 Å². The van der Waals surface area contributed by atoms with Crippen LogP contribution in [0.25, 0.3) is 10.1 Å². The summed E-state index contributed by atoms with van der Waals surface area (Å²) in [5.41, 5.74) is 6.66. The molecular weight excluding hydrogens is 324 g/mol. The van der Waals surface area contributed by atoms with Crippen molar-refractivity contribution in [1.82, 2.24) is 4.90 Å². The number of carbonyl (C=O) groups excluding carboxylic acids is 1. The Hall–Kier alpha value is -1.56. The first-order chi connectivity index (χ1) is 10.1. The smallest absolute Gasteiger partial charge is 0.266 e. The van der Waals surface area contributed by atoms with Gasteiger partial charge in [0.05, 0.1) is 12.2 Å². The molecule has 1 amide bonds. The van der Waals surface area contributed by atoms with Gasteiger partial charge in [-0.25, -0.2) is 0 Å². The van der Waals surface area contributed by atoms with E-state index in [1.165, 1.54) is 11.3 Å². The number of anilines is 1. The monoisotopic (exact) mass is 336 g/mol. The molecule has 0 saturated heterocycles. The van der Waals surface area contributed by atoms with E-state index in [2.05, 4.69) is 0 Å². The molecule has 0 unspecified atom stereocenters. The van der Waals surface area contributed by atoms with Gasteiger partial charge in [0, 0.05) is 27.0 Å². The number of nitrogens with zero attached hydrogens (tertiary/aromatic N) is 1. The minimum Gasteiger partial charge on any atom is -0.397 e. The second-order valence-electron chi connectivity index (χ2n) is 4.73. The molecule has 2 aromatic heterocycles. The highest BCUT2D eigenvalue weighted by atomic mass is 35.5. The van der Waals surface area contributed by atoms with E-state index in [0.29, 0.717) is 22.1 Å². The van der Waals surface area contributed by atoms with Crippen LogP contribution in [0.15, 0.2) is 35.7 Å². The highest BCUT2D eigenvalue weighted by molar-refractivity contribution is 7.21. The highest BCUT2D eigenvalue weighted by Crippen LogP contribution is 2.36. The van der Waals surface area contributed by atoms with Crippen LogP contribution in [-0.4, -0.2) is 17.9 Å². The van der Waals surface area contributed by atoms with Gasteiger partial charge in [-0.2, -0.15) is 0 Å². The topological polar surface area (TPSA) is 46.3 Å². The van der Waals surface area contributed by atoms with E-state index in [9.17, 15) is 4.79 Å². The summed E-state index contributed by atoms with van der Waals surface area (Å²) >= 11 is 9.01. The van der Waals surface area contributed by atoms with Crippen molar-refractivity contribution >= 4 is 56.0 Å². The molecule has 3 nitrogen and oxygen atoms in total. The molecule has 0 aliphatic carbocycles. The van der Waals surface area contributed by atoms with Crippen LogP contribution in [-0.2, 0) is 6.54 Å². The van der Waals surface area contributed by atoms with Gasteiger partial charge in [0.15, 0.2) is 0 Å². The maximum absolute atomic E-state index is 12.6. The molecule has 0 spiro atoms. The van der Waals surface area contributed by atoms with Crippen molar-refractivity contribution in [2.24, 2.45) is 0 Å². The lowest BCUT2D eigenvalue weighted by Crippen LogP contribution is -2.25. The van der Waals surface area contributed by atoms with Crippen LogP contribution in [0.3, 0.4) is 0 Å². The van der Waals surface area contributed by atoms with Gasteiger partial charge >= 0.3 is 0 Å². The van der Waals surface area contributed by atoms with Crippen LogP contribution < -0.4 is 5.73 Å². The van der Waals surface area contributed by atoms with Gasteiger partial charge in [0.1, 0.15) is 4.88 Å². The van der Waals surface area contributed by atoms with Crippen LogP contribution in [0.4, 0.5) is 5.69 Å². The molecule has 21 heavy (non-hydrogen) atoms. The maximum atomic E-state index is 12.6. The van der Waals surface area contributed by atoms with Crippen molar-refractivity contribution in [3.8, 4) is 0 Å². The van der Waals surface area contributed by atoms with Crippen LogP contribution >= 0.6 is 34.3 Å². The van der Waals surface area contributed by atoms with Gasteiger partial charge in [-0.15, -0.1) is 22.7 Å². The van der Waals surface area contributed by atoms with Crippen molar-refractivity contribution in [2.75, 3.05) is 12.8 Å². The SMILES string of the molecule is CN(Cc1cccs1)C(=O)c1sc2cc(Cl)ccc2c1N. The van der Waals surface area contributed by atoms with Crippen molar-refractivity contribution < 1.29 is 4.79 Å². The van der Waals surface area contributed by atoms with Crippen molar-refractivity contribution in [1.29, 1.82) is 0 Å². The van der Waals surface area contributed by atoms with Gasteiger partial charge < -0.3 is 10.6 Å². The van der Waals surface area contributed by atoms with E-state index in [-0.39, 0.29) is 5.91 Å². The third-order valence-electron chi connectivity index (χ3n) is 3.20. The molecule has 0 aliphatic heterocycles. The lowest BCUT2D eigenvalue weighted by Gasteiger charge is -2.15. The number of nitrogen functional groups attached to an aromatic ring is 1. The van der Waals surface area contributed by atoms with Gasteiger partial charge in [0.25, 0.3) is 5.91 Å². The number of nitrogens with two attached hydrogens (primary N) is 1. The van der Waals surface area contributed by atoms with E-state index in [1.54, 1.807) is 29.4 Å². The number of thiophene rings is 2. The highest BCUT2D eigenvalue weighted by Gasteiger charge is 2.20. The van der Waals surface area contributed by atoms with Crippen molar-refractivity contribution in [2.45, 2.75) is 6.54 Å². The molecule has 2 N–H and O–H groups in total. The largest absolute Gasteiger partial charge is 0.397 e. The summed E-state index contributed by atoms with van der Waals surface area (Å²) in [7, 11) is 1.79. The molecule has 0 radical (unpaired) electrons. The molecule has 0 aliphatic rings. The summed E-state index contributed by atoms with van der Waals surface area (Å²) in [4.78, 5) is 16.0. The molecule has 3 aromatic rings. The Bertz CT molecular complexity index is 795. The second-order valence-corrected chi connectivity index (χ2v) is 7.25.